The van der Waals surface area contributed by atoms with Gasteiger partial charge in [-0.1, -0.05) is 0 Å². The summed E-state index contributed by atoms with van der Waals surface area (Å²) in [6.07, 6.45) is 0.327. The van der Waals surface area contributed by atoms with E-state index < -0.39 is 5.82 Å². The van der Waals surface area contributed by atoms with E-state index in [4.69, 9.17) is 5.73 Å². The third-order valence-electron chi connectivity index (χ3n) is 2.12. The van der Waals surface area contributed by atoms with Crippen molar-refractivity contribution in [3.8, 4) is 0 Å². The Morgan fingerprint density at radius 1 is 1.33 bits per heavy atom. The quantitative estimate of drug-likeness (QED) is 0.720. The van der Waals surface area contributed by atoms with Gasteiger partial charge >= 0.3 is 0 Å². The smallest absolute Gasteiger partial charge is 0.222 e. The maximum Gasteiger partial charge on any atom is 0.222 e. The Hall–Kier alpha value is -1.78. The Labute approximate surface area is 107 Å². The van der Waals surface area contributed by atoms with Crippen LogP contribution in [0.3, 0.4) is 0 Å². The summed E-state index contributed by atoms with van der Waals surface area (Å²) in [5, 5.41) is 5.81. The van der Waals surface area contributed by atoms with Gasteiger partial charge in [0.1, 0.15) is 5.82 Å². The van der Waals surface area contributed by atoms with Crippen LogP contribution in [0.25, 0.3) is 0 Å². The number of carbonyl (C=O) groups excluding carboxylic acids is 1. The topological polar surface area (TPSA) is 67.2 Å². The molecule has 0 spiro atoms. The van der Waals surface area contributed by atoms with Crippen molar-refractivity contribution in [2.45, 2.75) is 32.7 Å². The van der Waals surface area contributed by atoms with Crippen molar-refractivity contribution >= 4 is 17.3 Å². The summed E-state index contributed by atoms with van der Waals surface area (Å²) in [6.45, 7) is 6.20. The number of hydrogen-bond acceptors (Lipinski definition) is 3. The molecule has 0 aliphatic heterocycles. The number of nitrogen functional groups attached to an aromatic ring is 1. The number of nitrogens with one attached hydrogen (secondary N) is 2. The van der Waals surface area contributed by atoms with Crippen LogP contribution in [-0.4, -0.2) is 18.0 Å². The zero-order chi connectivity index (χ0) is 13.8. The second-order valence-corrected chi connectivity index (χ2v) is 5.25. The van der Waals surface area contributed by atoms with Gasteiger partial charge in [-0.3, -0.25) is 4.79 Å². The fourth-order valence-electron chi connectivity index (χ4n) is 1.52. The number of amides is 1. The fraction of sp³-hybridized carbons (Fsp3) is 0.462. The monoisotopic (exact) mass is 253 g/mol. The summed E-state index contributed by atoms with van der Waals surface area (Å²) in [5.41, 5.74) is 6.22. The van der Waals surface area contributed by atoms with Gasteiger partial charge in [-0.15, -0.1) is 0 Å². The molecular weight excluding hydrogens is 233 g/mol. The Balaban J connectivity index is 2.40. The second kappa shape index (κ2) is 5.71. The summed E-state index contributed by atoms with van der Waals surface area (Å²) in [4.78, 5) is 11.5. The van der Waals surface area contributed by atoms with E-state index >= 15 is 0 Å². The van der Waals surface area contributed by atoms with E-state index in [9.17, 15) is 9.18 Å². The summed E-state index contributed by atoms with van der Waals surface area (Å²) in [6, 6.07) is 4.22. The van der Waals surface area contributed by atoms with Gasteiger partial charge in [-0.25, -0.2) is 4.39 Å². The van der Waals surface area contributed by atoms with Crippen LogP contribution in [0.1, 0.15) is 27.2 Å². The highest BCUT2D eigenvalue weighted by Gasteiger charge is 2.12. The number of halogens is 1. The molecule has 0 aliphatic rings. The summed E-state index contributed by atoms with van der Waals surface area (Å²) < 4.78 is 13.0. The Morgan fingerprint density at radius 3 is 2.56 bits per heavy atom. The molecule has 0 radical (unpaired) electrons. The van der Waals surface area contributed by atoms with Crippen molar-refractivity contribution in [1.82, 2.24) is 5.32 Å². The van der Waals surface area contributed by atoms with E-state index in [0.29, 0.717) is 24.3 Å². The highest BCUT2D eigenvalue weighted by atomic mass is 19.1. The minimum absolute atomic E-state index is 0.0422. The molecule has 1 amide bonds. The number of benzene rings is 1. The standard InChI is InChI=1S/C13H20FN3O/c1-13(2,3)17-12(18)4-5-16-11-7-9(14)6-10(15)8-11/h6-8,16H,4-5,15H2,1-3H3,(H,17,18). The van der Waals surface area contributed by atoms with Crippen molar-refractivity contribution in [3.63, 3.8) is 0 Å². The summed E-state index contributed by atoms with van der Waals surface area (Å²) in [5.74, 6) is -0.434. The first kappa shape index (κ1) is 14.3. The molecule has 0 unspecified atom stereocenters. The first-order valence-corrected chi connectivity index (χ1v) is 5.87. The van der Waals surface area contributed by atoms with Crippen molar-refractivity contribution in [2.75, 3.05) is 17.6 Å². The van der Waals surface area contributed by atoms with Gasteiger partial charge in [-0.05, 0) is 39.0 Å². The number of anilines is 2. The lowest BCUT2D eigenvalue weighted by molar-refractivity contribution is -0.122. The van der Waals surface area contributed by atoms with Crippen LogP contribution >= 0.6 is 0 Å². The molecule has 1 aromatic carbocycles. The molecule has 4 N–H and O–H groups in total. The molecule has 5 heteroatoms. The van der Waals surface area contributed by atoms with E-state index in [1.165, 1.54) is 12.1 Å². The fourth-order valence-corrected chi connectivity index (χ4v) is 1.52. The lowest BCUT2D eigenvalue weighted by atomic mass is 10.1. The third kappa shape index (κ3) is 5.52. The van der Waals surface area contributed by atoms with Gasteiger partial charge < -0.3 is 16.4 Å². The van der Waals surface area contributed by atoms with E-state index in [1.54, 1.807) is 6.07 Å². The Bertz CT molecular complexity index is 406. The van der Waals surface area contributed by atoms with Crippen molar-refractivity contribution in [1.29, 1.82) is 0 Å². The largest absolute Gasteiger partial charge is 0.399 e. The molecule has 0 aliphatic carbocycles. The number of carbonyl (C=O) groups is 1. The molecule has 4 nitrogen and oxygen atoms in total. The third-order valence-corrected chi connectivity index (χ3v) is 2.12. The Morgan fingerprint density at radius 2 is 2.00 bits per heavy atom. The van der Waals surface area contributed by atoms with Crippen LogP contribution < -0.4 is 16.4 Å². The molecule has 0 saturated heterocycles. The normalized spacial score (nSPS) is 11.1. The second-order valence-electron chi connectivity index (χ2n) is 5.25. The highest BCUT2D eigenvalue weighted by Crippen LogP contribution is 2.15. The number of nitrogens with two attached hydrogens (primary N) is 1. The van der Waals surface area contributed by atoms with Crippen molar-refractivity contribution in [3.05, 3.63) is 24.0 Å². The van der Waals surface area contributed by atoms with E-state index in [-0.39, 0.29) is 11.4 Å². The van der Waals surface area contributed by atoms with Crippen LogP contribution in [0.4, 0.5) is 15.8 Å². The number of hydrogen-bond donors (Lipinski definition) is 3. The minimum atomic E-state index is -0.392. The van der Waals surface area contributed by atoms with Crippen LogP contribution in [0.2, 0.25) is 0 Å². The van der Waals surface area contributed by atoms with Crippen molar-refractivity contribution in [2.24, 2.45) is 0 Å². The average Bonchev–Trinajstić information content (AvgIpc) is 2.12. The first-order valence-electron chi connectivity index (χ1n) is 5.87. The predicted molar refractivity (Wildman–Crippen MR) is 71.8 cm³/mol. The maximum atomic E-state index is 13.0. The van der Waals surface area contributed by atoms with Gasteiger partial charge in [0.15, 0.2) is 0 Å². The van der Waals surface area contributed by atoms with Crippen LogP contribution in [0.5, 0.6) is 0 Å². The molecule has 0 aromatic heterocycles. The SMILES string of the molecule is CC(C)(C)NC(=O)CCNc1cc(N)cc(F)c1. The van der Waals surface area contributed by atoms with Crippen LogP contribution in [-0.2, 0) is 4.79 Å². The van der Waals surface area contributed by atoms with Crippen LogP contribution in [0.15, 0.2) is 18.2 Å². The van der Waals surface area contributed by atoms with Gasteiger partial charge in [0, 0.05) is 29.9 Å². The molecule has 0 bridgehead atoms. The molecule has 1 rings (SSSR count). The lowest BCUT2D eigenvalue weighted by Gasteiger charge is -2.20. The highest BCUT2D eigenvalue weighted by molar-refractivity contribution is 5.77. The molecule has 0 saturated carbocycles. The molecule has 0 fully saturated rings. The lowest BCUT2D eigenvalue weighted by Crippen LogP contribution is -2.41. The van der Waals surface area contributed by atoms with Gasteiger partial charge in [0.2, 0.25) is 5.91 Å². The number of rotatable bonds is 4. The minimum Gasteiger partial charge on any atom is -0.399 e. The zero-order valence-corrected chi connectivity index (χ0v) is 11.0. The van der Waals surface area contributed by atoms with E-state index in [0.717, 1.165) is 0 Å². The molecule has 1 aromatic rings. The summed E-state index contributed by atoms with van der Waals surface area (Å²) in [7, 11) is 0. The van der Waals surface area contributed by atoms with E-state index in [2.05, 4.69) is 10.6 Å². The van der Waals surface area contributed by atoms with Crippen LogP contribution in [0, 0.1) is 5.82 Å². The maximum absolute atomic E-state index is 13.0. The van der Waals surface area contributed by atoms with Crippen molar-refractivity contribution < 1.29 is 9.18 Å². The average molecular weight is 253 g/mol. The van der Waals surface area contributed by atoms with Gasteiger partial charge in [0.05, 0.1) is 0 Å². The molecule has 100 valence electrons. The van der Waals surface area contributed by atoms with E-state index in [1.807, 2.05) is 20.8 Å². The zero-order valence-electron chi connectivity index (χ0n) is 11.0. The molecule has 0 heterocycles. The predicted octanol–water partition coefficient (Wildman–Crippen LogP) is 2.12. The van der Waals surface area contributed by atoms with Gasteiger partial charge in [0.25, 0.3) is 0 Å². The molecule has 18 heavy (non-hydrogen) atoms. The summed E-state index contributed by atoms with van der Waals surface area (Å²) >= 11 is 0. The Kier molecular flexibility index (Phi) is 4.53. The molecule has 0 atom stereocenters. The van der Waals surface area contributed by atoms with Gasteiger partial charge in [-0.2, -0.15) is 0 Å². The first-order chi connectivity index (χ1) is 8.26. The molecular formula is C13H20FN3O.